The van der Waals surface area contributed by atoms with Crippen molar-refractivity contribution in [3.63, 3.8) is 0 Å². The fourth-order valence-electron chi connectivity index (χ4n) is 2.65. The second kappa shape index (κ2) is 4.82. The van der Waals surface area contributed by atoms with Gasteiger partial charge in [0, 0.05) is 8.80 Å². The van der Waals surface area contributed by atoms with Crippen molar-refractivity contribution in [2.24, 2.45) is 0 Å². The van der Waals surface area contributed by atoms with E-state index in [-0.39, 0.29) is 21.7 Å². The molecular formula is C13H18SiTi+4. The van der Waals surface area contributed by atoms with Crippen LogP contribution in [0.2, 0.25) is 13.1 Å². The molecule has 0 aromatic heterocycles. The van der Waals surface area contributed by atoms with Gasteiger partial charge in [-0.05, 0) is 36.1 Å². The van der Waals surface area contributed by atoms with Crippen molar-refractivity contribution in [2.45, 2.75) is 32.5 Å². The van der Waals surface area contributed by atoms with E-state index in [1.165, 1.54) is 11.1 Å². The summed E-state index contributed by atoms with van der Waals surface area (Å²) in [6.45, 7) is 9.48. The van der Waals surface area contributed by atoms with Crippen LogP contribution in [0, 0.1) is 0 Å². The molecule has 0 spiro atoms. The summed E-state index contributed by atoms with van der Waals surface area (Å²) in [5.74, 6) is 0. The standard InChI is InChI=1S/C13H18Si.Ti/c1-9-10(2)13(14(3)4)12-8-6-5-7-11(9)12;/h5-8,13-14H,1-4H3;/q;+4. The van der Waals surface area contributed by atoms with E-state index in [0.717, 1.165) is 5.54 Å². The minimum atomic E-state index is -0.614. The Morgan fingerprint density at radius 1 is 1.07 bits per heavy atom. The number of rotatable bonds is 1. The van der Waals surface area contributed by atoms with Crippen molar-refractivity contribution in [3.05, 3.63) is 41.0 Å². The first kappa shape index (κ1) is 13.0. The Kier molecular flexibility index (Phi) is 4.16. The van der Waals surface area contributed by atoms with Crippen molar-refractivity contribution in [3.8, 4) is 0 Å². The van der Waals surface area contributed by atoms with Crippen LogP contribution in [0.5, 0.6) is 0 Å². The molecule has 2 heteroatoms. The molecule has 0 amide bonds. The Morgan fingerprint density at radius 2 is 1.67 bits per heavy atom. The maximum Gasteiger partial charge on any atom is 4.00 e. The van der Waals surface area contributed by atoms with Crippen molar-refractivity contribution >= 4 is 14.4 Å². The summed E-state index contributed by atoms with van der Waals surface area (Å²) in [5.41, 5.74) is 7.01. The first-order valence-corrected chi connectivity index (χ1v) is 8.37. The molecule has 15 heavy (non-hydrogen) atoms. The van der Waals surface area contributed by atoms with Crippen LogP contribution in [0.4, 0.5) is 0 Å². The van der Waals surface area contributed by atoms with Gasteiger partial charge in [0.25, 0.3) is 0 Å². The van der Waals surface area contributed by atoms with Crippen molar-refractivity contribution in [1.82, 2.24) is 0 Å². The van der Waals surface area contributed by atoms with E-state index in [1.54, 1.807) is 11.1 Å². The van der Waals surface area contributed by atoms with E-state index >= 15 is 0 Å². The topological polar surface area (TPSA) is 0 Å². The molecule has 1 atom stereocenters. The first-order valence-electron chi connectivity index (χ1n) is 5.39. The monoisotopic (exact) mass is 250 g/mol. The normalized spacial score (nSPS) is 19.1. The van der Waals surface area contributed by atoms with Gasteiger partial charge < -0.3 is 0 Å². The second-order valence-corrected chi connectivity index (χ2v) is 7.77. The predicted molar refractivity (Wildman–Crippen MR) is 66.3 cm³/mol. The molecule has 1 aliphatic rings. The van der Waals surface area contributed by atoms with E-state index < -0.39 is 8.80 Å². The zero-order valence-electron chi connectivity index (χ0n) is 9.96. The molecule has 0 fully saturated rings. The fraction of sp³-hybridized carbons (Fsp3) is 0.385. The van der Waals surface area contributed by atoms with Crippen LogP contribution in [0.1, 0.15) is 30.5 Å². The van der Waals surface area contributed by atoms with E-state index in [1.807, 2.05) is 0 Å². The Morgan fingerprint density at radius 3 is 2.27 bits per heavy atom. The summed E-state index contributed by atoms with van der Waals surface area (Å²) in [4.78, 5) is 0. The molecule has 0 bridgehead atoms. The minimum absolute atomic E-state index is 0. The second-order valence-electron chi connectivity index (χ2n) is 4.62. The number of allylic oxidation sites excluding steroid dienone is 2. The van der Waals surface area contributed by atoms with Crippen molar-refractivity contribution < 1.29 is 21.7 Å². The molecule has 0 radical (unpaired) electrons. The Hall–Kier alpha value is -0.109. The van der Waals surface area contributed by atoms with Crippen LogP contribution >= 0.6 is 0 Å². The number of hydrogen-bond acceptors (Lipinski definition) is 0. The fourth-order valence-corrected chi connectivity index (χ4v) is 4.91. The van der Waals surface area contributed by atoms with Crippen LogP contribution < -0.4 is 0 Å². The van der Waals surface area contributed by atoms with Gasteiger partial charge in [0.1, 0.15) is 0 Å². The van der Waals surface area contributed by atoms with Gasteiger partial charge in [0.05, 0.1) is 0 Å². The van der Waals surface area contributed by atoms with Gasteiger partial charge in [0.2, 0.25) is 0 Å². The van der Waals surface area contributed by atoms with Crippen LogP contribution in [0.25, 0.3) is 5.57 Å². The molecule has 0 aliphatic heterocycles. The molecule has 1 aromatic rings. The van der Waals surface area contributed by atoms with Gasteiger partial charge in [-0.1, -0.05) is 42.9 Å². The average Bonchev–Trinajstić information content (AvgIpc) is 2.41. The molecule has 0 saturated heterocycles. The zero-order valence-corrected chi connectivity index (χ0v) is 12.7. The largest absolute Gasteiger partial charge is 4.00 e. The van der Waals surface area contributed by atoms with Gasteiger partial charge >= 0.3 is 21.7 Å². The SMILES string of the molecule is CC1=C(C)C([SiH](C)C)c2ccccc21.[Ti+4]. The number of hydrogen-bond donors (Lipinski definition) is 0. The Bertz CT molecular complexity index is 393. The van der Waals surface area contributed by atoms with E-state index in [9.17, 15) is 0 Å². The van der Waals surface area contributed by atoms with Gasteiger partial charge in [-0.15, -0.1) is 0 Å². The molecule has 0 N–H and O–H groups in total. The van der Waals surface area contributed by atoms with E-state index in [2.05, 4.69) is 51.2 Å². The Labute approximate surface area is 109 Å². The van der Waals surface area contributed by atoms with Gasteiger partial charge in [-0.3, -0.25) is 0 Å². The van der Waals surface area contributed by atoms with Crippen LogP contribution in [-0.2, 0) is 21.7 Å². The average molecular weight is 250 g/mol. The molecule has 2 rings (SSSR count). The quantitative estimate of drug-likeness (QED) is 0.668. The summed E-state index contributed by atoms with van der Waals surface area (Å²) >= 11 is 0. The molecule has 0 saturated carbocycles. The maximum absolute atomic E-state index is 2.45. The summed E-state index contributed by atoms with van der Waals surface area (Å²) in [5, 5.41) is 0. The van der Waals surface area contributed by atoms with E-state index in [4.69, 9.17) is 0 Å². The van der Waals surface area contributed by atoms with Crippen LogP contribution in [-0.4, -0.2) is 8.80 Å². The molecule has 1 aromatic carbocycles. The summed E-state index contributed by atoms with van der Waals surface area (Å²) in [6, 6.07) is 8.91. The molecule has 0 nitrogen and oxygen atoms in total. The molecule has 0 heterocycles. The number of benzene rings is 1. The third kappa shape index (κ3) is 2.06. The van der Waals surface area contributed by atoms with Crippen molar-refractivity contribution in [2.75, 3.05) is 0 Å². The van der Waals surface area contributed by atoms with Crippen molar-refractivity contribution in [1.29, 1.82) is 0 Å². The first-order chi connectivity index (χ1) is 6.63. The minimum Gasteiger partial charge on any atom is -0.0714 e. The zero-order chi connectivity index (χ0) is 10.3. The third-order valence-electron chi connectivity index (χ3n) is 3.42. The molecular weight excluding hydrogens is 232 g/mol. The van der Waals surface area contributed by atoms with Gasteiger partial charge in [0.15, 0.2) is 0 Å². The van der Waals surface area contributed by atoms with Gasteiger partial charge in [-0.2, -0.15) is 0 Å². The summed E-state index contributed by atoms with van der Waals surface area (Å²) in [6.07, 6.45) is 0. The van der Waals surface area contributed by atoms with Crippen LogP contribution in [0.15, 0.2) is 29.8 Å². The third-order valence-corrected chi connectivity index (χ3v) is 5.62. The summed E-state index contributed by atoms with van der Waals surface area (Å²) < 4.78 is 0. The van der Waals surface area contributed by atoms with Crippen LogP contribution in [0.3, 0.4) is 0 Å². The summed E-state index contributed by atoms with van der Waals surface area (Å²) in [7, 11) is -0.614. The van der Waals surface area contributed by atoms with E-state index in [0.29, 0.717) is 0 Å². The number of fused-ring (bicyclic) bond motifs is 1. The molecule has 74 valence electrons. The van der Waals surface area contributed by atoms with Gasteiger partial charge in [-0.25, -0.2) is 0 Å². The molecule has 1 aliphatic carbocycles. The molecule has 1 unspecified atom stereocenters. The predicted octanol–water partition coefficient (Wildman–Crippen LogP) is 3.60. The smallest absolute Gasteiger partial charge is 0.0714 e. The Balaban J connectivity index is 0.00000112. The maximum atomic E-state index is 2.45.